The predicted molar refractivity (Wildman–Crippen MR) is 70.6 cm³/mol. The van der Waals surface area contributed by atoms with E-state index in [1.54, 1.807) is 0 Å². The summed E-state index contributed by atoms with van der Waals surface area (Å²) in [5, 5.41) is 2.87. The van der Waals surface area contributed by atoms with Crippen molar-refractivity contribution in [3.63, 3.8) is 0 Å². The molecule has 0 radical (unpaired) electrons. The van der Waals surface area contributed by atoms with Crippen LogP contribution < -0.4 is 5.32 Å². The molecule has 0 spiro atoms. The van der Waals surface area contributed by atoms with E-state index in [-0.39, 0.29) is 19.4 Å². The Kier molecular flexibility index (Phi) is 5.48. The zero-order valence-electron chi connectivity index (χ0n) is 12.5. The highest BCUT2D eigenvalue weighted by molar-refractivity contribution is 5.82. The van der Waals surface area contributed by atoms with Gasteiger partial charge in [-0.3, -0.25) is 4.79 Å². The highest BCUT2D eigenvalue weighted by Gasteiger charge is 2.43. The second-order valence-electron chi connectivity index (χ2n) is 6.34. The fraction of sp³-hybridized carbons (Fsp3) is 0.929. The van der Waals surface area contributed by atoms with Gasteiger partial charge in [0.15, 0.2) is 0 Å². The lowest BCUT2D eigenvalue weighted by molar-refractivity contribution is -0.184. The first-order chi connectivity index (χ1) is 10.6. The molecular formula is C14H20F6N2O. The van der Waals surface area contributed by atoms with Gasteiger partial charge in [0.2, 0.25) is 5.91 Å². The topological polar surface area (TPSA) is 32.3 Å². The van der Waals surface area contributed by atoms with E-state index < -0.39 is 42.8 Å². The highest BCUT2D eigenvalue weighted by Crippen LogP contribution is 2.37. The van der Waals surface area contributed by atoms with E-state index in [1.807, 2.05) is 0 Å². The van der Waals surface area contributed by atoms with E-state index in [9.17, 15) is 31.1 Å². The first kappa shape index (κ1) is 18.4. The van der Waals surface area contributed by atoms with Crippen molar-refractivity contribution < 1.29 is 31.1 Å². The largest absolute Gasteiger partial charge is 0.406 e. The number of nitrogens with zero attached hydrogens (tertiary/aromatic N) is 1. The van der Waals surface area contributed by atoms with Crippen molar-refractivity contribution in [2.75, 3.05) is 13.1 Å². The number of carbonyl (C=O) groups is 1. The number of alkyl halides is 6. The van der Waals surface area contributed by atoms with Gasteiger partial charge in [-0.2, -0.15) is 26.3 Å². The van der Waals surface area contributed by atoms with Crippen LogP contribution >= 0.6 is 0 Å². The number of piperidine rings is 1. The fourth-order valence-corrected chi connectivity index (χ4v) is 3.39. The van der Waals surface area contributed by atoms with Gasteiger partial charge in [0.1, 0.15) is 6.54 Å². The van der Waals surface area contributed by atoms with E-state index >= 15 is 0 Å². The van der Waals surface area contributed by atoms with Crippen LogP contribution in [0.4, 0.5) is 26.3 Å². The van der Waals surface area contributed by atoms with Crippen molar-refractivity contribution in [2.45, 2.75) is 63.0 Å². The van der Waals surface area contributed by atoms with E-state index in [2.05, 4.69) is 5.32 Å². The lowest BCUT2D eigenvalue weighted by Gasteiger charge is -2.37. The number of amides is 1. The van der Waals surface area contributed by atoms with Gasteiger partial charge >= 0.3 is 12.4 Å². The molecule has 0 aromatic rings. The third-order valence-corrected chi connectivity index (χ3v) is 4.47. The molecule has 1 saturated carbocycles. The van der Waals surface area contributed by atoms with Crippen molar-refractivity contribution in [3.8, 4) is 0 Å². The average Bonchev–Trinajstić information content (AvgIpc) is 2.41. The number of hydrogen-bond donors (Lipinski definition) is 1. The van der Waals surface area contributed by atoms with Gasteiger partial charge in [-0.05, 0) is 32.1 Å². The minimum absolute atomic E-state index is 0.0341. The monoisotopic (exact) mass is 346 g/mol. The van der Waals surface area contributed by atoms with E-state index in [0.29, 0.717) is 25.7 Å². The third-order valence-electron chi connectivity index (χ3n) is 4.47. The molecule has 134 valence electrons. The van der Waals surface area contributed by atoms with Crippen molar-refractivity contribution in [1.29, 1.82) is 0 Å². The maximum atomic E-state index is 12.8. The second-order valence-corrected chi connectivity index (χ2v) is 6.34. The van der Waals surface area contributed by atoms with E-state index in [1.165, 1.54) is 0 Å². The van der Waals surface area contributed by atoms with E-state index in [0.717, 1.165) is 4.90 Å². The predicted octanol–water partition coefficient (Wildman–Crippen LogP) is 3.25. The minimum atomic E-state index is -4.47. The van der Waals surface area contributed by atoms with Crippen LogP contribution in [0.25, 0.3) is 0 Å². The van der Waals surface area contributed by atoms with Gasteiger partial charge in [-0.25, -0.2) is 0 Å². The highest BCUT2D eigenvalue weighted by atomic mass is 19.4. The molecule has 9 heteroatoms. The Morgan fingerprint density at radius 3 is 2.35 bits per heavy atom. The fourth-order valence-electron chi connectivity index (χ4n) is 3.39. The Labute approximate surface area is 130 Å². The molecule has 2 fully saturated rings. The smallest absolute Gasteiger partial charge is 0.332 e. The quantitative estimate of drug-likeness (QED) is 0.796. The summed E-state index contributed by atoms with van der Waals surface area (Å²) in [4.78, 5) is 12.8. The molecule has 0 bridgehead atoms. The van der Waals surface area contributed by atoms with Crippen LogP contribution in [-0.2, 0) is 4.79 Å². The summed E-state index contributed by atoms with van der Waals surface area (Å²) >= 11 is 0. The van der Waals surface area contributed by atoms with Crippen LogP contribution in [0.1, 0.15) is 38.5 Å². The molecular weight excluding hydrogens is 326 g/mol. The number of nitrogens with one attached hydrogen (secondary N) is 1. The Hall–Kier alpha value is -0.990. The summed E-state index contributed by atoms with van der Waals surface area (Å²) in [5.74, 6) is -2.07. The van der Waals surface area contributed by atoms with Crippen LogP contribution in [0.15, 0.2) is 0 Å². The van der Waals surface area contributed by atoms with Gasteiger partial charge in [-0.15, -0.1) is 0 Å². The van der Waals surface area contributed by atoms with Crippen LogP contribution in [0.5, 0.6) is 0 Å². The Balaban J connectivity index is 1.92. The Bertz CT molecular complexity index is 422. The normalized spacial score (nSPS) is 30.6. The van der Waals surface area contributed by atoms with Crippen molar-refractivity contribution >= 4 is 5.91 Å². The van der Waals surface area contributed by atoms with Gasteiger partial charge in [0, 0.05) is 12.6 Å². The van der Waals surface area contributed by atoms with Gasteiger partial charge in [0.05, 0.1) is 12.0 Å². The van der Waals surface area contributed by atoms with Gasteiger partial charge < -0.3 is 10.2 Å². The summed E-state index contributed by atoms with van der Waals surface area (Å²) in [6, 6.07) is -1.29. The first-order valence-corrected chi connectivity index (χ1v) is 7.74. The van der Waals surface area contributed by atoms with Crippen molar-refractivity contribution in [2.24, 2.45) is 5.92 Å². The number of likely N-dealkylation sites (tertiary alicyclic amines) is 1. The van der Waals surface area contributed by atoms with Crippen LogP contribution in [0.3, 0.4) is 0 Å². The molecule has 2 aliphatic rings. The lowest BCUT2D eigenvalue weighted by atomic mass is 9.84. The molecule has 2 rings (SSSR count). The number of carbonyl (C=O) groups excluding carboxylic acids is 1. The summed E-state index contributed by atoms with van der Waals surface area (Å²) in [6.07, 6.45) is -7.10. The van der Waals surface area contributed by atoms with Gasteiger partial charge in [0.25, 0.3) is 0 Å². The third kappa shape index (κ3) is 5.26. The van der Waals surface area contributed by atoms with Crippen LogP contribution in [0.2, 0.25) is 0 Å². The zero-order chi connectivity index (χ0) is 17.3. The van der Waals surface area contributed by atoms with Crippen molar-refractivity contribution in [3.05, 3.63) is 0 Å². The first-order valence-electron chi connectivity index (χ1n) is 7.74. The van der Waals surface area contributed by atoms with E-state index in [4.69, 9.17) is 0 Å². The SMILES string of the molecule is O=C1[C@H](N[C@H]2CCC[C@H](C(F)(F)F)C2)CCCN1CC(F)(F)F. The molecule has 0 unspecified atom stereocenters. The summed E-state index contributed by atoms with van der Waals surface area (Å²) in [5.41, 5.74) is 0. The summed E-state index contributed by atoms with van der Waals surface area (Å²) < 4.78 is 75.7. The zero-order valence-corrected chi connectivity index (χ0v) is 12.5. The molecule has 3 atom stereocenters. The Morgan fingerprint density at radius 2 is 1.74 bits per heavy atom. The Morgan fingerprint density at radius 1 is 1.04 bits per heavy atom. The molecule has 1 aliphatic heterocycles. The second kappa shape index (κ2) is 6.86. The standard InChI is InChI=1S/C14H20F6N2O/c15-13(16,17)8-22-6-2-5-11(12(22)23)21-10-4-1-3-9(7-10)14(18,19)20/h9-11,21H,1-8H2/t9-,10-,11+/m0/s1. The van der Waals surface area contributed by atoms with Crippen molar-refractivity contribution in [1.82, 2.24) is 10.2 Å². The molecule has 1 N–H and O–H groups in total. The van der Waals surface area contributed by atoms with Crippen LogP contribution in [0, 0.1) is 5.92 Å². The molecule has 1 aliphatic carbocycles. The minimum Gasteiger partial charge on any atom is -0.332 e. The molecule has 0 aromatic carbocycles. The number of halogens is 6. The molecule has 3 nitrogen and oxygen atoms in total. The number of rotatable bonds is 3. The summed E-state index contributed by atoms with van der Waals surface area (Å²) in [6.45, 7) is -1.27. The molecule has 23 heavy (non-hydrogen) atoms. The maximum absolute atomic E-state index is 12.8. The number of hydrogen-bond acceptors (Lipinski definition) is 2. The van der Waals surface area contributed by atoms with Gasteiger partial charge in [-0.1, -0.05) is 6.42 Å². The molecule has 0 aromatic heterocycles. The van der Waals surface area contributed by atoms with Crippen LogP contribution in [-0.4, -0.2) is 48.3 Å². The average molecular weight is 346 g/mol. The summed E-state index contributed by atoms with van der Waals surface area (Å²) in [7, 11) is 0. The lowest BCUT2D eigenvalue weighted by Crippen LogP contribution is -2.56. The maximum Gasteiger partial charge on any atom is 0.406 e. The molecule has 1 heterocycles. The molecule has 1 amide bonds. The molecule has 1 saturated heterocycles.